The number of imidazole rings is 1. The molecule has 0 aliphatic heterocycles. The first-order chi connectivity index (χ1) is 13.1. The number of unbranched alkanes of at least 4 members (excludes halogenated alkanes) is 2. The van der Waals surface area contributed by atoms with E-state index in [0.717, 1.165) is 42.5 Å². The molecule has 0 unspecified atom stereocenters. The zero-order valence-corrected chi connectivity index (χ0v) is 16.1. The Bertz CT molecular complexity index is 918. The van der Waals surface area contributed by atoms with Crippen LogP contribution in [0.25, 0.3) is 11.0 Å². The summed E-state index contributed by atoms with van der Waals surface area (Å²) >= 11 is 6.23. The lowest BCUT2D eigenvalue weighted by molar-refractivity contribution is -0.118. The van der Waals surface area contributed by atoms with Crippen LogP contribution in [0.4, 0.5) is 4.39 Å². The van der Waals surface area contributed by atoms with E-state index in [1.807, 2.05) is 28.8 Å². The average molecular weight is 388 g/mol. The number of carbonyl (C=O) groups excluding carboxylic acids is 1. The van der Waals surface area contributed by atoms with Crippen LogP contribution in [0.1, 0.15) is 37.6 Å². The number of nitrogens with zero attached hydrogens (tertiary/aromatic N) is 2. The number of hydrogen-bond donors (Lipinski definition) is 1. The fourth-order valence-electron chi connectivity index (χ4n) is 3.18. The minimum atomic E-state index is -0.304. The van der Waals surface area contributed by atoms with Crippen LogP contribution in [-0.2, 0) is 17.8 Å². The predicted molar refractivity (Wildman–Crippen MR) is 106 cm³/mol. The fraction of sp³-hybridized carbons (Fsp3) is 0.333. The standard InChI is InChI=1S/C21H23ClFN3O/c1-15(27)24-13-6-2-3-12-21-25-19-10-4-5-11-20(19)26(21)14-16-17(22)8-7-9-18(16)23/h4-5,7-11H,2-3,6,12-14H2,1H3,(H,24,27). The number of nitrogens with one attached hydrogen (secondary N) is 1. The van der Waals surface area contributed by atoms with Crippen LogP contribution in [-0.4, -0.2) is 22.0 Å². The molecule has 6 heteroatoms. The molecule has 1 amide bonds. The van der Waals surface area contributed by atoms with Gasteiger partial charge in [-0.25, -0.2) is 9.37 Å². The highest BCUT2D eigenvalue weighted by Gasteiger charge is 2.14. The second-order valence-electron chi connectivity index (χ2n) is 6.60. The van der Waals surface area contributed by atoms with Gasteiger partial charge in [0.1, 0.15) is 11.6 Å². The van der Waals surface area contributed by atoms with Crippen LogP contribution in [0.2, 0.25) is 5.02 Å². The van der Waals surface area contributed by atoms with Crippen molar-refractivity contribution in [3.05, 3.63) is 64.7 Å². The van der Waals surface area contributed by atoms with Gasteiger partial charge in [-0.05, 0) is 37.1 Å². The van der Waals surface area contributed by atoms with Gasteiger partial charge in [-0.2, -0.15) is 0 Å². The SMILES string of the molecule is CC(=O)NCCCCCc1nc2ccccc2n1Cc1c(F)cccc1Cl. The molecular formula is C21H23ClFN3O. The van der Waals surface area contributed by atoms with Gasteiger partial charge in [0.05, 0.1) is 17.6 Å². The monoisotopic (exact) mass is 387 g/mol. The summed E-state index contributed by atoms with van der Waals surface area (Å²) in [6, 6.07) is 12.6. The van der Waals surface area contributed by atoms with Gasteiger partial charge in [0, 0.05) is 30.5 Å². The number of aryl methyl sites for hydroxylation is 1. The van der Waals surface area contributed by atoms with E-state index in [1.54, 1.807) is 12.1 Å². The topological polar surface area (TPSA) is 46.9 Å². The lowest BCUT2D eigenvalue weighted by atomic mass is 10.1. The van der Waals surface area contributed by atoms with Crippen LogP contribution in [0.3, 0.4) is 0 Å². The van der Waals surface area contributed by atoms with Gasteiger partial charge < -0.3 is 9.88 Å². The van der Waals surface area contributed by atoms with Gasteiger partial charge in [-0.15, -0.1) is 0 Å². The Hall–Kier alpha value is -2.40. The Balaban J connectivity index is 1.77. The first-order valence-corrected chi connectivity index (χ1v) is 9.55. The predicted octanol–water partition coefficient (Wildman–Crippen LogP) is 4.73. The maximum Gasteiger partial charge on any atom is 0.216 e. The number of para-hydroxylation sites is 2. The summed E-state index contributed by atoms with van der Waals surface area (Å²) in [5.74, 6) is 0.621. The van der Waals surface area contributed by atoms with E-state index in [9.17, 15) is 9.18 Å². The van der Waals surface area contributed by atoms with Gasteiger partial charge in [0.25, 0.3) is 0 Å². The van der Waals surface area contributed by atoms with Gasteiger partial charge >= 0.3 is 0 Å². The van der Waals surface area contributed by atoms with Gasteiger partial charge in [0.15, 0.2) is 0 Å². The second kappa shape index (κ2) is 9.00. The number of rotatable bonds is 8. The van der Waals surface area contributed by atoms with E-state index >= 15 is 0 Å². The van der Waals surface area contributed by atoms with Gasteiger partial charge in [0.2, 0.25) is 5.91 Å². The van der Waals surface area contributed by atoms with E-state index in [0.29, 0.717) is 23.7 Å². The van der Waals surface area contributed by atoms with Crippen LogP contribution < -0.4 is 5.32 Å². The molecule has 0 atom stereocenters. The largest absolute Gasteiger partial charge is 0.356 e. The number of aromatic nitrogens is 2. The number of benzene rings is 2. The minimum Gasteiger partial charge on any atom is -0.356 e. The third kappa shape index (κ3) is 4.86. The second-order valence-corrected chi connectivity index (χ2v) is 7.00. The smallest absolute Gasteiger partial charge is 0.216 e. The molecule has 3 aromatic rings. The van der Waals surface area contributed by atoms with E-state index in [2.05, 4.69) is 5.32 Å². The fourth-order valence-corrected chi connectivity index (χ4v) is 3.41. The molecule has 1 aromatic heterocycles. The summed E-state index contributed by atoms with van der Waals surface area (Å²) < 4.78 is 16.3. The van der Waals surface area contributed by atoms with Crippen molar-refractivity contribution in [1.82, 2.24) is 14.9 Å². The Morgan fingerprint density at radius 2 is 1.96 bits per heavy atom. The molecule has 2 aromatic carbocycles. The lowest BCUT2D eigenvalue weighted by Gasteiger charge is -2.12. The van der Waals surface area contributed by atoms with Crippen molar-refractivity contribution in [2.75, 3.05) is 6.54 Å². The van der Waals surface area contributed by atoms with E-state index < -0.39 is 0 Å². The number of amides is 1. The van der Waals surface area contributed by atoms with Crippen LogP contribution in [0, 0.1) is 5.82 Å². The Morgan fingerprint density at radius 1 is 1.15 bits per heavy atom. The molecule has 1 N–H and O–H groups in total. The van der Waals surface area contributed by atoms with E-state index in [4.69, 9.17) is 16.6 Å². The minimum absolute atomic E-state index is 0.00133. The Labute approximate surface area is 163 Å². The zero-order valence-electron chi connectivity index (χ0n) is 15.3. The van der Waals surface area contributed by atoms with Crippen molar-refractivity contribution < 1.29 is 9.18 Å². The van der Waals surface area contributed by atoms with Crippen molar-refractivity contribution in [2.24, 2.45) is 0 Å². The highest BCUT2D eigenvalue weighted by Crippen LogP contribution is 2.24. The molecule has 27 heavy (non-hydrogen) atoms. The third-order valence-electron chi connectivity index (χ3n) is 4.56. The molecular weight excluding hydrogens is 365 g/mol. The quantitative estimate of drug-likeness (QED) is 0.568. The van der Waals surface area contributed by atoms with Crippen molar-refractivity contribution in [1.29, 1.82) is 0 Å². The van der Waals surface area contributed by atoms with Crippen molar-refractivity contribution in [2.45, 2.75) is 39.2 Å². The van der Waals surface area contributed by atoms with E-state index in [-0.39, 0.29) is 11.7 Å². The summed E-state index contributed by atoms with van der Waals surface area (Å²) in [6.07, 6.45) is 3.66. The molecule has 4 nitrogen and oxygen atoms in total. The number of hydrogen-bond acceptors (Lipinski definition) is 2. The zero-order chi connectivity index (χ0) is 19.2. The Kier molecular flexibility index (Phi) is 6.45. The van der Waals surface area contributed by atoms with Crippen molar-refractivity contribution in [3.8, 4) is 0 Å². The van der Waals surface area contributed by atoms with Crippen LogP contribution >= 0.6 is 11.6 Å². The van der Waals surface area contributed by atoms with E-state index in [1.165, 1.54) is 13.0 Å². The van der Waals surface area contributed by atoms with Gasteiger partial charge in [-0.1, -0.05) is 36.2 Å². The molecule has 0 radical (unpaired) electrons. The molecule has 0 saturated carbocycles. The normalized spacial score (nSPS) is 11.1. The molecule has 0 bridgehead atoms. The third-order valence-corrected chi connectivity index (χ3v) is 4.92. The average Bonchev–Trinajstić information content (AvgIpc) is 2.98. The summed E-state index contributed by atoms with van der Waals surface area (Å²) in [4.78, 5) is 15.6. The summed E-state index contributed by atoms with van der Waals surface area (Å²) in [5.41, 5.74) is 2.36. The first kappa shape index (κ1) is 19.4. The number of halogens is 2. The summed E-state index contributed by atoms with van der Waals surface area (Å²) in [6.45, 7) is 2.57. The summed E-state index contributed by atoms with van der Waals surface area (Å²) in [7, 11) is 0. The van der Waals surface area contributed by atoms with Crippen LogP contribution in [0.5, 0.6) is 0 Å². The summed E-state index contributed by atoms with van der Waals surface area (Å²) in [5, 5.41) is 3.23. The molecule has 0 spiro atoms. The molecule has 142 valence electrons. The molecule has 0 fully saturated rings. The molecule has 0 aliphatic carbocycles. The molecule has 0 saturated heterocycles. The lowest BCUT2D eigenvalue weighted by Crippen LogP contribution is -2.20. The number of carbonyl (C=O) groups is 1. The maximum absolute atomic E-state index is 14.3. The maximum atomic E-state index is 14.3. The van der Waals surface area contributed by atoms with Crippen molar-refractivity contribution >= 4 is 28.5 Å². The Morgan fingerprint density at radius 3 is 2.74 bits per heavy atom. The van der Waals surface area contributed by atoms with Crippen LogP contribution in [0.15, 0.2) is 42.5 Å². The molecule has 0 aliphatic rings. The first-order valence-electron chi connectivity index (χ1n) is 9.17. The molecule has 1 heterocycles. The van der Waals surface area contributed by atoms with Crippen molar-refractivity contribution in [3.63, 3.8) is 0 Å². The highest BCUT2D eigenvalue weighted by atomic mass is 35.5. The highest BCUT2D eigenvalue weighted by molar-refractivity contribution is 6.31. The molecule has 3 rings (SSSR count). The number of fused-ring (bicyclic) bond motifs is 1. The van der Waals surface area contributed by atoms with Gasteiger partial charge in [-0.3, -0.25) is 4.79 Å².